The molecule has 11 heteroatoms. The van der Waals surface area contributed by atoms with Crippen LogP contribution in [-0.4, -0.2) is 60.6 Å². The molecular formula is C31H31N5O5S. The maximum atomic E-state index is 13.6. The number of benzene rings is 2. The summed E-state index contributed by atoms with van der Waals surface area (Å²) in [5.74, 6) is 1.12. The standard InChI is InChI=1S/C31H31N5O5S/c1-19-17-22(41-21-8-4-3-5-9-21)10-11-23(19)36-24-12-14-32-30-26(24)27(34-31(36)39)28(42-30)29(38)33-20-7-6-15-35(18-20)25(37)13-16-40-2/h3-5,8-12,14,17,20H,6-7,13,15-16,18H2,1-2H3,(H,33,38)(H,34,39). The van der Waals surface area contributed by atoms with Crippen molar-refractivity contribution in [3.8, 4) is 11.5 Å². The summed E-state index contributed by atoms with van der Waals surface area (Å²) < 4.78 is 11.0. The number of anilines is 3. The molecular weight excluding hydrogens is 554 g/mol. The number of nitrogens with one attached hydrogen (secondary N) is 2. The molecule has 42 heavy (non-hydrogen) atoms. The summed E-state index contributed by atoms with van der Waals surface area (Å²) in [5.41, 5.74) is 2.66. The van der Waals surface area contributed by atoms with Gasteiger partial charge in [0.05, 0.1) is 35.5 Å². The second-order valence-electron chi connectivity index (χ2n) is 10.3. The first-order valence-corrected chi connectivity index (χ1v) is 14.7. The Bertz CT molecular complexity index is 1660. The summed E-state index contributed by atoms with van der Waals surface area (Å²) >= 11 is 1.24. The lowest BCUT2D eigenvalue weighted by Crippen LogP contribution is -2.49. The minimum Gasteiger partial charge on any atom is -0.457 e. The van der Waals surface area contributed by atoms with Crippen molar-refractivity contribution >= 4 is 56.5 Å². The van der Waals surface area contributed by atoms with Gasteiger partial charge < -0.3 is 25.0 Å². The molecule has 1 unspecified atom stereocenters. The van der Waals surface area contributed by atoms with Crippen LogP contribution in [0.1, 0.15) is 34.5 Å². The molecule has 4 amide bonds. The Labute approximate surface area is 247 Å². The van der Waals surface area contributed by atoms with Crippen LogP contribution in [0.4, 0.5) is 21.9 Å². The number of hydrogen-bond donors (Lipinski definition) is 2. The number of carbonyl (C=O) groups is 3. The smallest absolute Gasteiger partial charge is 0.331 e. The fourth-order valence-corrected chi connectivity index (χ4v) is 6.49. The number of methoxy groups -OCH3 is 1. The summed E-state index contributed by atoms with van der Waals surface area (Å²) in [7, 11) is 1.57. The fraction of sp³-hybridized carbons (Fsp3) is 0.290. The van der Waals surface area contributed by atoms with E-state index in [0.29, 0.717) is 58.6 Å². The molecule has 10 nitrogen and oxygen atoms in total. The van der Waals surface area contributed by atoms with E-state index in [1.807, 2.05) is 55.5 Å². The Hall–Kier alpha value is -4.48. The highest BCUT2D eigenvalue weighted by Gasteiger charge is 2.34. The second-order valence-corrected chi connectivity index (χ2v) is 11.3. The highest BCUT2D eigenvalue weighted by Crippen LogP contribution is 2.46. The van der Waals surface area contributed by atoms with E-state index in [4.69, 9.17) is 9.47 Å². The molecule has 4 aromatic rings. The molecule has 2 aliphatic heterocycles. The lowest BCUT2D eigenvalue weighted by atomic mass is 10.0. The maximum Gasteiger partial charge on any atom is 0.331 e. The highest BCUT2D eigenvalue weighted by molar-refractivity contribution is 7.21. The van der Waals surface area contributed by atoms with Gasteiger partial charge in [-0.25, -0.2) is 9.78 Å². The van der Waals surface area contributed by atoms with Crippen LogP contribution in [0.25, 0.3) is 10.2 Å². The van der Waals surface area contributed by atoms with Gasteiger partial charge in [0, 0.05) is 32.4 Å². The van der Waals surface area contributed by atoms with Gasteiger partial charge in [-0.3, -0.25) is 14.5 Å². The lowest BCUT2D eigenvalue weighted by Gasteiger charge is -2.33. The largest absolute Gasteiger partial charge is 0.457 e. The van der Waals surface area contributed by atoms with Crippen molar-refractivity contribution in [1.29, 1.82) is 0 Å². The number of piperidine rings is 1. The van der Waals surface area contributed by atoms with E-state index in [0.717, 1.165) is 29.5 Å². The number of thiophene rings is 1. The zero-order valence-corrected chi connectivity index (χ0v) is 24.2. The number of aromatic nitrogens is 1. The number of likely N-dealkylation sites (tertiary alicyclic amines) is 1. The van der Waals surface area contributed by atoms with Crippen molar-refractivity contribution < 1.29 is 23.9 Å². The number of urea groups is 1. The Balaban J connectivity index is 1.25. The first-order chi connectivity index (χ1) is 20.4. The molecule has 0 saturated carbocycles. The predicted octanol–water partition coefficient (Wildman–Crippen LogP) is 5.84. The van der Waals surface area contributed by atoms with E-state index in [1.165, 1.54) is 11.3 Å². The minimum absolute atomic E-state index is 0.0175. The van der Waals surface area contributed by atoms with Crippen LogP contribution < -0.4 is 20.3 Å². The maximum absolute atomic E-state index is 13.6. The van der Waals surface area contributed by atoms with Gasteiger partial charge in [0.25, 0.3) is 5.91 Å². The number of carbonyl (C=O) groups excluding carboxylic acids is 3. The van der Waals surface area contributed by atoms with Crippen LogP contribution in [-0.2, 0) is 9.53 Å². The van der Waals surface area contributed by atoms with Crippen LogP contribution in [0, 0.1) is 6.92 Å². The molecule has 1 atom stereocenters. The highest BCUT2D eigenvalue weighted by atomic mass is 32.1. The summed E-state index contributed by atoms with van der Waals surface area (Å²) in [4.78, 5) is 48.5. The quantitative estimate of drug-likeness (QED) is 0.269. The van der Waals surface area contributed by atoms with Crippen molar-refractivity contribution in [3.05, 3.63) is 71.2 Å². The molecule has 0 aliphatic carbocycles. The number of rotatable bonds is 8. The average molecular weight is 586 g/mol. The molecule has 2 aromatic heterocycles. The van der Waals surface area contributed by atoms with Gasteiger partial charge in [0.15, 0.2) is 0 Å². The van der Waals surface area contributed by atoms with E-state index in [-0.39, 0.29) is 23.9 Å². The zero-order valence-electron chi connectivity index (χ0n) is 23.4. The topological polar surface area (TPSA) is 113 Å². The first kappa shape index (κ1) is 27.7. The molecule has 0 spiro atoms. The number of pyridine rings is 1. The average Bonchev–Trinajstić information content (AvgIpc) is 3.37. The molecule has 216 valence electrons. The Morgan fingerprint density at radius 3 is 2.74 bits per heavy atom. The van der Waals surface area contributed by atoms with E-state index >= 15 is 0 Å². The second kappa shape index (κ2) is 11.8. The van der Waals surface area contributed by atoms with Gasteiger partial charge in [-0.1, -0.05) is 18.2 Å². The Morgan fingerprint density at radius 2 is 1.95 bits per heavy atom. The van der Waals surface area contributed by atoms with Crippen LogP contribution in [0.15, 0.2) is 60.8 Å². The number of hydrogen-bond acceptors (Lipinski definition) is 7. The van der Waals surface area contributed by atoms with E-state index < -0.39 is 0 Å². The SMILES string of the molecule is COCCC(=O)N1CCCC(NC(=O)c2sc3nccc4c3c2NC(=O)N4c2ccc(Oc3ccccc3)cc2C)C1. The molecule has 1 fully saturated rings. The van der Waals surface area contributed by atoms with Crippen molar-refractivity contribution in [3.63, 3.8) is 0 Å². The van der Waals surface area contributed by atoms with Crippen molar-refractivity contribution in [2.45, 2.75) is 32.2 Å². The van der Waals surface area contributed by atoms with Gasteiger partial charge >= 0.3 is 6.03 Å². The van der Waals surface area contributed by atoms with E-state index in [1.54, 1.807) is 29.2 Å². The molecule has 0 radical (unpaired) electrons. The van der Waals surface area contributed by atoms with Crippen LogP contribution in [0.2, 0.25) is 0 Å². The van der Waals surface area contributed by atoms with Gasteiger partial charge in [0.1, 0.15) is 21.2 Å². The van der Waals surface area contributed by atoms with Crippen molar-refractivity contribution in [1.82, 2.24) is 15.2 Å². The number of amides is 4. The molecule has 4 heterocycles. The van der Waals surface area contributed by atoms with E-state index in [2.05, 4.69) is 15.6 Å². The molecule has 0 bridgehead atoms. The molecule has 2 aromatic carbocycles. The summed E-state index contributed by atoms with van der Waals surface area (Å²) in [6.45, 7) is 3.41. The summed E-state index contributed by atoms with van der Waals surface area (Å²) in [6, 6.07) is 16.3. The van der Waals surface area contributed by atoms with Gasteiger partial charge in [-0.2, -0.15) is 0 Å². The third kappa shape index (κ3) is 5.40. The monoisotopic (exact) mass is 585 g/mol. The molecule has 2 aliphatic rings. The number of ether oxygens (including phenoxy) is 2. The predicted molar refractivity (Wildman–Crippen MR) is 162 cm³/mol. The number of para-hydroxylation sites is 1. The first-order valence-electron chi connectivity index (χ1n) is 13.9. The van der Waals surface area contributed by atoms with Gasteiger partial charge in [-0.05, 0) is 61.7 Å². The number of nitrogens with zero attached hydrogens (tertiary/aromatic N) is 3. The third-order valence-electron chi connectivity index (χ3n) is 7.47. The van der Waals surface area contributed by atoms with E-state index in [9.17, 15) is 14.4 Å². The minimum atomic E-state index is -0.366. The van der Waals surface area contributed by atoms with Crippen LogP contribution in [0.3, 0.4) is 0 Å². The van der Waals surface area contributed by atoms with Gasteiger partial charge in [0.2, 0.25) is 5.91 Å². The zero-order chi connectivity index (χ0) is 29.2. The fourth-order valence-electron chi connectivity index (χ4n) is 5.47. The lowest BCUT2D eigenvalue weighted by molar-refractivity contribution is -0.133. The van der Waals surface area contributed by atoms with Crippen LogP contribution in [0.5, 0.6) is 11.5 Å². The van der Waals surface area contributed by atoms with Crippen molar-refractivity contribution in [2.24, 2.45) is 0 Å². The molecule has 2 N–H and O–H groups in total. The third-order valence-corrected chi connectivity index (χ3v) is 8.57. The molecule has 6 rings (SSSR count). The number of aryl methyl sites for hydroxylation is 1. The Kier molecular flexibility index (Phi) is 7.77. The van der Waals surface area contributed by atoms with Crippen molar-refractivity contribution in [2.75, 3.05) is 37.0 Å². The summed E-state index contributed by atoms with van der Waals surface area (Å²) in [5, 5.41) is 6.77. The Morgan fingerprint density at radius 1 is 1.12 bits per heavy atom. The van der Waals surface area contributed by atoms with Crippen LogP contribution >= 0.6 is 11.3 Å². The summed E-state index contributed by atoms with van der Waals surface area (Å²) in [6.07, 6.45) is 3.54. The normalized spacial score (nSPS) is 16.3. The molecule has 1 saturated heterocycles. The van der Waals surface area contributed by atoms with Gasteiger partial charge in [-0.15, -0.1) is 11.3 Å².